The third-order valence-electron chi connectivity index (χ3n) is 10.7. The zero-order chi connectivity index (χ0) is 21.0. The average molecular weight is 402 g/mol. The minimum absolute atomic E-state index is 0.0849. The molecule has 0 radical (unpaired) electrons. The number of fused-ring (bicyclic) bond motifs is 5. The van der Waals surface area contributed by atoms with E-state index in [0.717, 1.165) is 42.4 Å². The van der Waals surface area contributed by atoms with Crippen LogP contribution >= 0.6 is 0 Å². The zero-order valence-corrected chi connectivity index (χ0v) is 20.1. The smallest absolute Gasteiger partial charge is 0.0577 e. The molecule has 0 amide bonds. The normalized spacial score (nSPS) is 45.8. The quantitative estimate of drug-likeness (QED) is 0.527. The Morgan fingerprint density at radius 3 is 2.62 bits per heavy atom. The summed E-state index contributed by atoms with van der Waals surface area (Å²) in [5, 5.41) is 13.7. The highest BCUT2D eigenvalue weighted by atomic mass is 16.3. The Balaban J connectivity index is 1.50. The number of nitrogens with one attached hydrogen (secondary N) is 1. The standard InChI is InChI=1S/C27H47NO/c1-18(11-14-25(2,3)28-6)22-9-10-23-21-8-7-19-17-20(29)12-15-26(19,4)24(21)13-16-27(22,23)5/h7,18,20-24,28-29H,8-17H2,1-6H3/t18-,20?,21?,22-,23?,24?,26+,27-/m1/s1. The molecular weight excluding hydrogens is 354 g/mol. The van der Waals surface area contributed by atoms with Gasteiger partial charge in [-0.2, -0.15) is 0 Å². The van der Waals surface area contributed by atoms with E-state index in [2.05, 4.69) is 53.1 Å². The number of hydrogen-bond donors (Lipinski definition) is 2. The van der Waals surface area contributed by atoms with Crippen LogP contribution in [-0.4, -0.2) is 23.8 Å². The second-order valence-electron chi connectivity index (χ2n) is 12.5. The van der Waals surface area contributed by atoms with Crippen molar-refractivity contribution < 1.29 is 5.11 Å². The van der Waals surface area contributed by atoms with Gasteiger partial charge < -0.3 is 10.4 Å². The first kappa shape index (κ1) is 21.9. The second kappa shape index (κ2) is 7.66. The fraction of sp³-hybridized carbons (Fsp3) is 0.926. The summed E-state index contributed by atoms with van der Waals surface area (Å²) in [6.07, 6.45) is 15.4. The van der Waals surface area contributed by atoms with Gasteiger partial charge in [0.1, 0.15) is 0 Å². The van der Waals surface area contributed by atoms with E-state index in [0.29, 0.717) is 10.8 Å². The van der Waals surface area contributed by atoms with Crippen molar-refractivity contribution in [3.63, 3.8) is 0 Å². The van der Waals surface area contributed by atoms with E-state index < -0.39 is 0 Å². The fourth-order valence-corrected chi connectivity index (χ4v) is 8.53. The molecule has 2 nitrogen and oxygen atoms in total. The minimum atomic E-state index is -0.0849. The van der Waals surface area contributed by atoms with E-state index in [1.165, 1.54) is 51.4 Å². The molecule has 8 atom stereocenters. The monoisotopic (exact) mass is 401 g/mol. The van der Waals surface area contributed by atoms with Crippen LogP contribution in [0, 0.1) is 40.4 Å². The van der Waals surface area contributed by atoms with Crippen LogP contribution in [0.1, 0.15) is 98.8 Å². The third-order valence-corrected chi connectivity index (χ3v) is 10.7. The van der Waals surface area contributed by atoms with Crippen molar-refractivity contribution in [2.24, 2.45) is 40.4 Å². The summed E-state index contributed by atoms with van der Waals surface area (Å²) < 4.78 is 0. The van der Waals surface area contributed by atoms with Crippen molar-refractivity contribution in [2.75, 3.05) is 7.05 Å². The Bertz CT molecular complexity index is 638. The molecule has 3 fully saturated rings. The lowest BCUT2D eigenvalue weighted by Crippen LogP contribution is -2.50. The van der Waals surface area contributed by atoms with Crippen LogP contribution in [0.2, 0.25) is 0 Å². The van der Waals surface area contributed by atoms with Gasteiger partial charge in [0.05, 0.1) is 6.10 Å². The number of aliphatic hydroxyl groups excluding tert-OH is 1. The molecule has 0 aromatic carbocycles. The molecule has 0 bridgehead atoms. The molecule has 2 heteroatoms. The Morgan fingerprint density at radius 2 is 1.90 bits per heavy atom. The second-order valence-corrected chi connectivity index (χ2v) is 12.5. The van der Waals surface area contributed by atoms with E-state index in [-0.39, 0.29) is 11.6 Å². The zero-order valence-electron chi connectivity index (χ0n) is 20.1. The van der Waals surface area contributed by atoms with E-state index in [4.69, 9.17) is 0 Å². The van der Waals surface area contributed by atoms with Crippen LogP contribution < -0.4 is 5.32 Å². The maximum absolute atomic E-state index is 10.2. The first-order valence-electron chi connectivity index (χ1n) is 12.7. The fourth-order valence-electron chi connectivity index (χ4n) is 8.53. The Morgan fingerprint density at radius 1 is 1.14 bits per heavy atom. The average Bonchev–Trinajstić information content (AvgIpc) is 3.04. The first-order chi connectivity index (χ1) is 13.6. The van der Waals surface area contributed by atoms with Gasteiger partial charge in [-0.3, -0.25) is 0 Å². The van der Waals surface area contributed by atoms with Gasteiger partial charge in [-0.1, -0.05) is 32.4 Å². The lowest BCUT2D eigenvalue weighted by molar-refractivity contribution is -0.0575. The molecule has 0 aromatic rings. The summed E-state index contributed by atoms with van der Waals surface area (Å²) in [5.41, 5.74) is 2.80. The molecular formula is C27H47NO. The number of rotatable bonds is 5. The Kier molecular flexibility index (Phi) is 5.78. The van der Waals surface area contributed by atoms with Crippen molar-refractivity contribution in [3.8, 4) is 0 Å². The highest BCUT2D eigenvalue weighted by Crippen LogP contribution is 2.67. The van der Waals surface area contributed by atoms with Crippen molar-refractivity contribution >= 4 is 0 Å². The van der Waals surface area contributed by atoms with Crippen LogP contribution in [0.5, 0.6) is 0 Å². The van der Waals surface area contributed by atoms with Crippen molar-refractivity contribution in [1.29, 1.82) is 0 Å². The SMILES string of the molecule is CNC(C)(C)CC[C@@H](C)[C@H]1CCC2C3CC=C4CC(O)CC[C@]4(C)C3CC[C@@]21C. The van der Waals surface area contributed by atoms with Crippen molar-refractivity contribution in [2.45, 2.75) is 110 Å². The molecule has 0 spiro atoms. The molecule has 4 aliphatic carbocycles. The lowest BCUT2D eigenvalue weighted by Gasteiger charge is -2.58. The summed E-state index contributed by atoms with van der Waals surface area (Å²) in [6, 6.07) is 0. The van der Waals surface area contributed by atoms with E-state index >= 15 is 0 Å². The highest BCUT2D eigenvalue weighted by molar-refractivity contribution is 5.25. The largest absolute Gasteiger partial charge is 0.393 e. The molecule has 166 valence electrons. The van der Waals surface area contributed by atoms with Crippen LogP contribution in [0.4, 0.5) is 0 Å². The highest BCUT2D eigenvalue weighted by Gasteiger charge is 2.59. The lowest BCUT2D eigenvalue weighted by atomic mass is 9.47. The predicted molar refractivity (Wildman–Crippen MR) is 123 cm³/mol. The summed E-state index contributed by atoms with van der Waals surface area (Å²) >= 11 is 0. The number of allylic oxidation sites excluding steroid dienone is 1. The molecule has 4 unspecified atom stereocenters. The predicted octanol–water partition coefficient (Wildman–Crippen LogP) is 6.34. The number of hydrogen-bond acceptors (Lipinski definition) is 2. The number of aliphatic hydroxyl groups is 1. The molecule has 3 saturated carbocycles. The topological polar surface area (TPSA) is 32.3 Å². The van der Waals surface area contributed by atoms with Gasteiger partial charge in [0, 0.05) is 5.54 Å². The van der Waals surface area contributed by atoms with Gasteiger partial charge in [-0.15, -0.1) is 0 Å². The minimum Gasteiger partial charge on any atom is -0.393 e. The van der Waals surface area contributed by atoms with E-state index in [1.54, 1.807) is 5.57 Å². The Labute approximate surface area is 180 Å². The van der Waals surface area contributed by atoms with Gasteiger partial charge >= 0.3 is 0 Å². The summed E-state index contributed by atoms with van der Waals surface area (Å²) in [7, 11) is 2.11. The summed E-state index contributed by atoms with van der Waals surface area (Å²) in [4.78, 5) is 0. The maximum atomic E-state index is 10.2. The molecule has 0 aromatic heterocycles. The van der Waals surface area contributed by atoms with E-state index in [1.807, 2.05) is 0 Å². The van der Waals surface area contributed by atoms with Crippen LogP contribution in [0.25, 0.3) is 0 Å². The first-order valence-corrected chi connectivity index (χ1v) is 12.7. The molecule has 4 rings (SSSR count). The molecule has 29 heavy (non-hydrogen) atoms. The maximum Gasteiger partial charge on any atom is 0.0577 e. The third kappa shape index (κ3) is 3.65. The van der Waals surface area contributed by atoms with Gasteiger partial charge in [0.25, 0.3) is 0 Å². The van der Waals surface area contributed by atoms with Gasteiger partial charge in [-0.05, 0) is 126 Å². The van der Waals surface area contributed by atoms with Gasteiger partial charge in [0.15, 0.2) is 0 Å². The van der Waals surface area contributed by atoms with Gasteiger partial charge in [-0.25, -0.2) is 0 Å². The molecule has 0 aliphatic heterocycles. The molecule has 4 aliphatic rings. The van der Waals surface area contributed by atoms with Crippen LogP contribution in [0.3, 0.4) is 0 Å². The molecule has 2 N–H and O–H groups in total. The van der Waals surface area contributed by atoms with Crippen LogP contribution in [-0.2, 0) is 0 Å². The van der Waals surface area contributed by atoms with Crippen molar-refractivity contribution in [3.05, 3.63) is 11.6 Å². The Hall–Kier alpha value is -0.340. The van der Waals surface area contributed by atoms with Gasteiger partial charge in [0.2, 0.25) is 0 Å². The summed E-state index contributed by atoms with van der Waals surface area (Å²) in [5.74, 6) is 4.43. The molecule has 0 heterocycles. The summed E-state index contributed by atoms with van der Waals surface area (Å²) in [6.45, 7) is 12.5. The van der Waals surface area contributed by atoms with E-state index in [9.17, 15) is 5.11 Å². The van der Waals surface area contributed by atoms with Crippen molar-refractivity contribution in [1.82, 2.24) is 5.32 Å². The molecule has 0 saturated heterocycles. The van der Waals surface area contributed by atoms with Crippen LogP contribution in [0.15, 0.2) is 11.6 Å².